The Hall–Kier alpha value is 0.531. The zero-order valence-electron chi connectivity index (χ0n) is 12.3. The molecule has 0 saturated heterocycles. The standard InChI is InChI=1S/C10H29NO2Si3/c1-9-11(10-2)14(12-15(3,4)5)13-16(6,7)8/h14H,9-10H2,1-8H3. The quantitative estimate of drug-likeness (QED) is 0.669. The van der Waals surface area contributed by atoms with Gasteiger partial charge >= 0.3 is 9.45 Å². The molecule has 0 saturated carbocycles. The van der Waals surface area contributed by atoms with Crippen LogP contribution in [-0.4, -0.2) is 43.7 Å². The highest BCUT2D eigenvalue weighted by molar-refractivity contribution is 6.80. The van der Waals surface area contributed by atoms with Crippen molar-refractivity contribution in [2.75, 3.05) is 13.1 Å². The maximum Gasteiger partial charge on any atom is 0.390 e. The first-order valence-corrected chi connectivity index (χ1v) is 14.5. The molecule has 0 aromatic carbocycles. The molecule has 0 spiro atoms. The smallest absolute Gasteiger partial charge is 0.390 e. The van der Waals surface area contributed by atoms with E-state index in [0.29, 0.717) is 0 Å². The van der Waals surface area contributed by atoms with Crippen molar-refractivity contribution in [3.8, 4) is 0 Å². The summed E-state index contributed by atoms with van der Waals surface area (Å²) in [5.74, 6) is 0. The summed E-state index contributed by atoms with van der Waals surface area (Å²) in [5.41, 5.74) is 0. The van der Waals surface area contributed by atoms with E-state index in [1.807, 2.05) is 0 Å². The van der Waals surface area contributed by atoms with Gasteiger partial charge in [0.15, 0.2) is 16.6 Å². The van der Waals surface area contributed by atoms with Gasteiger partial charge in [-0.15, -0.1) is 0 Å². The van der Waals surface area contributed by atoms with Crippen molar-refractivity contribution in [3.63, 3.8) is 0 Å². The van der Waals surface area contributed by atoms with Gasteiger partial charge in [0.25, 0.3) is 0 Å². The SMILES string of the molecule is CCN(CC)[SiH](O[Si](C)(C)C)O[Si](C)(C)C. The molecule has 3 nitrogen and oxygen atoms in total. The van der Waals surface area contributed by atoms with Crippen LogP contribution in [-0.2, 0) is 8.23 Å². The second-order valence-corrected chi connectivity index (χ2v) is 17.7. The van der Waals surface area contributed by atoms with Crippen LogP contribution in [0.4, 0.5) is 0 Å². The molecule has 0 heterocycles. The Kier molecular flexibility index (Phi) is 6.67. The molecule has 0 fully saturated rings. The largest absolute Gasteiger partial charge is 0.427 e. The van der Waals surface area contributed by atoms with E-state index in [1.165, 1.54) is 0 Å². The third kappa shape index (κ3) is 7.75. The maximum absolute atomic E-state index is 6.27. The van der Waals surface area contributed by atoms with E-state index >= 15 is 0 Å². The molecule has 0 aliphatic heterocycles. The van der Waals surface area contributed by atoms with Crippen molar-refractivity contribution in [2.45, 2.75) is 53.1 Å². The lowest BCUT2D eigenvalue weighted by molar-refractivity contribution is 0.297. The minimum Gasteiger partial charge on any atom is -0.427 e. The minimum absolute atomic E-state index is 1.03. The highest BCUT2D eigenvalue weighted by Gasteiger charge is 2.32. The highest BCUT2D eigenvalue weighted by Crippen LogP contribution is 2.14. The average Bonchev–Trinajstić information content (AvgIpc) is 1.99. The van der Waals surface area contributed by atoms with E-state index in [9.17, 15) is 0 Å². The van der Waals surface area contributed by atoms with Gasteiger partial charge in [-0.3, -0.25) is 4.57 Å². The summed E-state index contributed by atoms with van der Waals surface area (Å²) in [7, 11) is -4.64. The predicted octanol–water partition coefficient (Wildman–Crippen LogP) is 2.75. The molecule has 0 unspecified atom stereocenters. The lowest BCUT2D eigenvalue weighted by atomic mass is 10.7. The van der Waals surface area contributed by atoms with E-state index in [2.05, 4.69) is 57.7 Å². The van der Waals surface area contributed by atoms with Crippen molar-refractivity contribution in [1.82, 2.24) is 4.57 Å². The molecule has 0 N–H and O–H groups in total. The van der Waals surface area contributed by atoms with Gasteiger partial charge in [-0.2, -0.15) is 0 Å². The van der Waals surface area contributed by atoms with E-state index in [-0.39, 0.29) is 0 Å². The fourth-order valence-corrected chi connectivity index (χ4v) is 8.55. The van der Waals surface area contributed by atoms with Crippen LogP contribution in [0.5, 0.6) is 0 Å². The summed E-state index contributed by atoms with van der Waals surface area (Å²) in [6, 6.07) is 0. The van der Waals surface area contributed by atoms with Gasteiger partial charge in [0.05, 0.1) is 0 Å². The molecular weight excluding hydrogens is 250 g/mol. The summed E-state index contributed by atoms with van der Waals surface area (Å²) in [4.78, 5) is 0. The second-order valence-electron chi connectivity index (χ2n) is 5.99. The topological polar surface area (TPSA) is 21.7 Å². The van der Waals surface area contributed by atoms with Crippen molar-refractivity contribution < 1.29 is 8.23 Å². The Balaban J connectivity index is 4.62. The lowest BCUT2D eigenvalue weighted by Gasteiger charge is -2.36. The molecule has 0 aliphatic carbocycles. The molecule has 0 rings (SSSR count). The van der Waals surface area contributed by atoms with Crippen LogP contribution in [0.2, 0.25) is 39.3 Å². The highest BCUT2D eigenvalue weighted by atomic mass is 28.5. The van der Waals surface area contributed by atoms with Gasteiger partial charge in [0.2, 0.25) is 0 Å². The first kappa shape index (κ1) is 16.5. The van der Waals surface area contributed by atoms with Gasteiger partial charge in [-0.25, -0.2) is 0 Å². The Morgan fingerprint density at radius 3 is 1.31 bits per heavy atom. The van der Waals surface area contributed by atoms with Crippen LogP contribution >= 0.6 is 0 Å². The van der Waals surface area contributed by atoms with Crippen LogP contribution in [0.15, 0.2) is 0 Å². The lowest BCUT2D eigenvalue weighted by Crippen LogP contribution is -2.53. The van der Waals surface area contributed by atoms with Crippen LogP contribution in [0.1, 0.15) is 13.8 Å². The summed E-state index contributed by atoms with van der Waals surface area (Å²) in [6.45, 7) is 19.9. The van der Waals surface area contributed by atoms with E-state index in [1.54, 1.807) is 0 Å². The molecule has 0 aliphatic rings. The monoisotopic (exact) mass is 279 g/mol. The maximum atomic E-state index is 6.27. The molecule has 0 bridgehead atoms. The molecule has 6 heteroatoms. The van der Waals surface area contributed by atoms with Gasteiger partial charge in [-0.05, 0) is 52.4 Å². The van der Waals surface area contributed by atoms with Crippen molar-refractivity contribution in [2.24, 2.45) is 0 Å². The fraction of sp³-hybridized carbons (Fsp3) is 1.00. The Bertz CT molecular complexity index is 181. The molecule has 0 radical (unpaired) electrons. The summed E-state index contributed by atoms with van der Waals surface area (Å²) in [6.07, 6.45) is 0. The Morgan fingerprint density at radius 2 is 1.12 bits per heavy atom. The summed E-state index contributed by atoms with van der Waals surface area (Å²) in [5, 5.41) is 0. The summed E-state index contributed by atoms with van der Waals surface area (Å²) < 4.78 is 14.9. The molecular formula is C10H29NO2Si3. The molecule has 0 amide bonds. The fourth-order valence-electron chi connectivity index (χ4n) is 1.30. The summed E-state index contributed by atoms with van der Waals surface area (Å²) >= 11 is 0. The van der Waals surface area contributed by atoms with Crippen molar-refractivity contribution in [1.29, 1.82) is 0 Å². The van der Waals surface area contributed by atoms with Crippen molar-refractivity contribution in [3.05, 3.63) is 0 Å². The second kappa shape index (κ2) is 6.46. The number of nitrogens with zero attached hydrogens (tertiary/aromatic N) is 1. The minimum atomic E-state index is -1.64. The molecule has 0 aromatic heterocycles. The third-order valence-corrected chi connectivity index (χ3v) is 10.6. The van der Waals surface area contributed by atoms with Gasteiger partial charge in [-0.1, -0.05) is 13.8 Å². The first-order valence-electron chi connectivity index (χ1n) is 6.18. The van der Waals surface area contributed by atoms with E-state index in [4.69, 9.17) is 8.23 Å². The zero-order chi connectivity index (χ0) is 13.0. The van der Waals surface area contributed by atoms with Gasteiger partial charge < -0.3 is 8.23 Å². The zero-order valence-corrected chi connectivity index (χ0v) is 15.4. The first-order chi connectivity index (χ1) is 7.09. The number of hydrogen-bond acceptors (Lipinski definition) is 3. The van der Waals surface area contributed by atoms with Crippen LogP contribution < -0.4 is 0 Å². The van der Waals surface area contributed by atoms with Crippen molar-refractivity contribution >= 4 is 26.1 Å². The van der Waals surface area contributed by atoms with E-state index < -0.39 is 26.1 Å². The molecule has 0 atom stereocenters. The normalized spacial score (nSPS) is 13.9. The van der Waals surface area contributed by atoms with Gasteiger partial charge in [0, 0.05) is 0 Å². The van der Waals surface area contributed by atoms with Crippen LogP contribution in [0.3, 0.4) is 0 Å². The number of rotatable bonds is 7. The van der Waals surface area contributed by atoms with Gasteiger partial charge in [0.1, 0.15) is 0 Å². The third-order valence-electron chi connectivity index (χ3n) is 2.02. The average molecular weight is 280 g/mol. The Morgan fingerprint density at radius 1 is 0.812 bits per heavy atom. The molecule has 0 aromatic rings. The molecule has 16 heavy (non-hydrogen) atoms. The van der Waals surface area contributed by atoms with Crippen LogP contribution in [0.25, 0.3) is 0 Å². The molecule has 98 valence electrons. The van der Waals surface area contributed by atoms with E-state index in [0.717, 1.165) is 13.1 Å². The Labute approximate surface area is 105 Å². The number of hydrogen-bond donors (Lipinski definition) is 0. The predicted molar refractivity (Wildman–Crippen MR) is 78.9 cm³/mol. The van der Waals surface area contributed by atoms with Crippen LogP contribution in [0, 0.1) is 0 Å².